The van der Waals surface area contributed by atoms with Crippen LogP contribution in [0.5, 0.6) is 0 Å². The quantitative estimate of drug-likeness (QED) is 0.155. The van der Waals surface area contributed by atoms with Crippen molar-refractivity contribution in [2.24, 2.45) is 0 Å². The highest BCUT2D eigenvalue weighted by molar-refractivity contribution is 6.14. The van der Waals surface area contributed by atoms with Gasteiger partial charge in [0.1, 0.15) is 0 Å². The summed E-state index contributed by atoms with van der Waals surface area (Å²) in [5.41, 5.74) is 8.75. The molecule has 12 aromatic rings. The van der Waals surface area contributed by atoms with E-state index in [1.807, 2.05) is 112 Å². The van der Waals surface area contributed by atoms with Crippen LogP contribution >= 0.6 is 0 Å². The molecule has 0 saturated heterocycles. The van der Waals surface area contributed by atoms with Gasteiger partial charge in [0.25, 0.3) is 0 Å². The number of rotatable bonds is 7. The summed E-state index contributed by atoms with van der Waals surface area (Å²) in [7, 11) is 0. The molecular formula is C67H33F3N8. The summed E-state index contributed by atoms with van der Waals surface area (Å²) in [5.74, 6) is 0. The van der Waals surface area contributed by atoms with Crippen LogP contribution in [0.4, 0.5) is 13.2 Å². The first-order chi connectivity index (χ1) is 38.0. The number of fused-ring (bicyclic) bond motifs is 6. The lowest BCUT2D eigenvalue weighted by Crippen LogP contribution is -2.11. The molecule has 0 atom stereocenters. The Labute approximate surface area is 444 Å². The molecule has 0 aliphatic heterocycles. The lowest BCUT2D eigenvalue weighted by Gasteiger charge is -2.23. The molecule has 362 valence electrons. The number of nitrogens with zero attached hydrogens (tertiary/aromatic N) is 8. The van der Waals surface area contributed by atoms with Crippen molar-refractivity contribution in [2.45, 2.75) is 6.18 Å². The topological polar surface area (TPSA) is 153 Å². The van der Waals surface area contributed by atoms with Gasteiger partial charge in [-0.2, -0.15) is 44.7 Å². The number of aromatic nitrogens is 2. The standard InChI is InChI=1S/C67H33F3N8/c68-67(69,70)59-27-44(38-75)13-18-58(59)66-64(77-60-30-50(46-9-1-5-40(23-46)34-71)14-19-54(60)55-20-15-51(31-61(55)77)47-10-2-6-41(24-47)35-72)28-45(39-76)29-65(66)78-62-32-52(48-11-3-7-42(25-48)36-73)16-21-56(62)57-22-17-53(33-63(57)78)49-12-4-8-43(26-49)37-74/h1-33H. The first kappa shape index (κ1) is 47.5. The molecule has 0 bridgehead atoms. The van der Waals surface area contributed by atoms with Crippen LogP contribution in [-0.4, -0.2) is 9.13 Å². The maximum Gasteiger partial charge on any atom is 0.417 e. The van der Waals surface area contributed by atoms with E-state index in [9.17, 15) is 31.6 Å². The fraction of sp³-hybridized carbons (Fsp3) is 0.0149. The summed E-state index contributed by atoms with van der Waals surface area (Å²) in [6, 6.07) is 71.5. The van der Waals surface area contributed by atoms with Crippen molar-refractivity contribution in [3.05, 3.63) is 239 Å². The molecule has 0 saturated carbocycles. The Hall–Kier alpha value is -11.5. The van der Waals surface area contributed by atoms with Crippen LogP contribution in [-0.2, 0) is 6.18 Å². The third kappa shape index (κ3) is 8.08. The van der Waals surface area contributed by atoms with Crippen molar-refractivity contribution < 1.29 is 13.2 Å². The first-order valence-corrected chi connectivity index (χ1v) is 24.4. The molecule has 0 aliphatic rings. The third-order valence-electron chi connectivity index (χ3n) is 14.3. The largest absolute Gasteiger partial charge is 0.417 e. The Bertz CT molecular complexity index is 4330. The van der Waals surface area contributed by atoms with E-state index >= 15 is 13.2 Å². The van der Waals surface area contributed by atoms with Crippen molar-refractivity contribution >= 4 is 43.6 Å². The zero-order valence-corrected chi connectivity index (χ0v) is 40.8. The van der Waals surface area contributed by atoms with Gasteiger partial charge in [-0.25, -0.2) is 0 Å². The number of halogens is 3. The molecule has 0 amide bonds. The summed E-state index contributed by atoms with van der Waals surface area (Å²) in [6.07, 6.45) is -5.00. The smallest absolute Gasteiger partial charge is 0.308 e. The van der Waals surface area contributed by atoms with Gasteiger partial charge in [0, 0.05) is 27.1 Å². The highest BCUT2D eigenvalue weighted by Gasteiger charge is 2.36. The summed E-state index contributed by atoms with van der Waals surface area (Å²) in [5, 5.41) is 64.0. The number of alkyl halides is 3. The summed E-state index contributed by atoms with van der Waals surface area (Å²) < 4.78 is 52.1. The lowest BCUT2D eigenvalue weighted by atomic mass is 9.92. The van der Waals surface area contributed by atoms with Crippen LogP contribution in [0.1, 0.15) is 38.9 Å². The van der Waals surface area contributed by atoms with Crippen LogP contribution in [0.2, 0.25) is 0 Å². The highest BCUT2D eigenvalue weighted by Crippen LogP contribution is 2.48. The van der Waals surface area contributed by atoms with Crippen LogP contribution < -0.4 is 0 Å². The van der Waals surface area contributed by atoms with Gasteiger partial charge in [-0.3, -0.25) is 0 Å². The fourth-order valence-electron chi connectivity index (χ4n) is 10.7. The Morgan fingerprint density at radius 3 is 0.885 bits per heavy atom. The van der Waals surface area contributed by atoms with E-state index < -0.39 is 11.7 Å². The number of hydrogen-bond donors (Lipinski definition) is 0. The van der Waals surface area contributed by atoms with E-state index in [0.29, 0.717) is 66.6 Å². The molecule has 12 rings (SSSR count). The van der Waals surface area contributed by atoms with E-state index in [4.69, 9.17) is 0 Å². The number of benzene rings is 10. The van der Waals surface area contributed by atoms with Crippen LogP contribution in [0.3, 0.4) is 0 Å². The SMILES string of the molecule is N#Cc1cccc(-c2ccc3c4ccc(-c5cccc(C#N)c5)cc4n(-c4cc(C#N)cc(-n5c6cc(-c7cccc(C#N)c7)ccc6c6ccc(-c7cccc(C#N)c7)cc65)c4-c4ccc(C#N)cc4C(F)(F)F)c3c2)c1. The normalized spacial score (nSPS) is 11.2. The monoisotopic (exact) mass is 1010 g/mol. The molecule has 10 aromatic carbocycles. The van der Waals surface area contributed by atoms with E-state index in [2.05, 4.69) is 30.3 Å². The molecule has 0 fully saturated rings. The van der Waals surface area contributed by atoms with Gasteiger partial charge < -0.3 is 9.13 Å². The highest BCUT2D eigenvalue weighted by atomic mass is 19.4. The molecule has 78 heavy (non-hydrogen) atoms. The number of hydrogen-bond acceptors (Lipinski definition) is 6. The average Bonchev–Trinajstić information content (AvgIpc) is 4.22. The summed E-state index contributed by atoms with van der Waals surface area (Å²) >= 11 is 0. The van der Waals surface area contributed by atoms with Gasteiger partial charge in [-0.1, -0.05) is 103 Å². The van der Waals surface area contributed by atoms with Crippen LogP contribution in [0.15, 0.2) is 200 Å². The molecule has 8 nitrogen and oxygen atoms in total. The Kier molecular flexibility index (Phi) is 11.4. The second-order valence-electron chi connectivity index (χ2n) is 18.7. The summed E-state index contributed by atoms with van der Waals surface area (Å²) in [4.78, 5) is 0. The van der Waals surface area contributed by atoms with Gasteiger partial charge in [-0.15, -0.1) is 0 Å². The number of nitriles is 6. The Balaban J connectivity index is 1.29. The fourth-order valence-corrected chi connectivity index (χ4v) is 10.7. The van der Waals surface area contributed by atoms with E-state index in [0.717, 1.165) is 49.9 Å². The van der Waals surface area contributed by atoms with Crippen molar-refractivity contribution in [3.8, 4) is 103 Å². The van der Waals surface area contributed by atoms with Crippen molar-refractivity contribution in [2.75, 3.05) is 0 Å². The average molecular weight is 1010 g/mol. The third-order valence-corrected chi connectivity index (χ3v) is 14.3. The molecule has 0 spiro atoms. The minimum absolute atomic E-state index is 0.0749. The minimum atomic E-state index is -5.00. The van der Waals surface area contributed by atoms with Crippen LogP contribution in [0, 0.1) is 68.0 Å². The maximum atomic E-state index is 16.1. The predicted octanol–water partition coefficient (Wildman–Crippen LogP) is 16.5. The molecule has 11 heteroatoms. The van der Waals surface area contributed by atoms with Gasteiger partial charge >= 0.3 is 6.18 Å². The molecule has 2 heterocycles. The molecule has 0 unspecified atom stereocenters. The van der Waals surface area contributed by atoms with E-state index in [1.54, 1.807) is 84.9 Å². The second kappa shape index (κ2) is 18.8. The van der Waals surface area contributed by atoms with Gasteiger partial charge in [-0.05, 0) is 147 Å². The maximum absolute atomic E-state index is 16.1. The van der Waals surface area contributed by atoms with Crippen molar-refractivity contribution in [3.63, 3.8) is 0 Å². The molecular weight excluding hydrogens is 974 g/mol. The van der Waals surface area contributed by atoms with Crippen LogP contribution in [0.25, 0.3) is 111 Å². The Morgan fingerprint density at radius 2 is 0.590 bits per heavy atom. The molecule has 2 aromatic heterocycles. The first-order valence-electron chi connectivity index (χ1n) is 24.4. The van der Waals surface area contributed by atoms with E-state index in [1.165, 1.54) is 12.1 Å². The zero-order chi connectivity index (χ0) is 53.8. The zero-order valence-electron chi connectivity index (χ0n) is 40.8. The predicted molar refractivity (Wildman–Crippen MR) is 296 cm³/mol. The van der Waals surface area contributed by atoms with Crippen molar-refractivity contribution in [1.29, 1.82) is 31.6 Å². The molecule has 0 radical (unpaired) electrons. The van der Waals surface area contributed by atoms with Gasteiger partial charge in [0.05, 0.1) is 109 Å². The van der Waals surface area contributed by atoms with Gasteiger partial charge in [0.15, 0.2) is 0 Å². The molecule has 0 aliphatic carbocycles. The Morgan fingerprint density at radius 1 is 0.295 bits per heavy atom. The second-order valence-corrected chi connectivity index (χ2v) is 18.7. The minimum Gasteiger partial charge on any atom is -0.308 e. The lowest BCUT2D eigenvalue weighted by molar-refractivity contribution is -0.137. The molecule has 0 N–H and O–H groups in total. The van der Waals surface area contributed by atoms with E-state index in [-0.39, 0.29) is 33.6 Å². The van der Waals surface area contributed by atoms with Crippen molar-refractivity contribution in [1.82, 2.24) is 9.13 Å². The van der Waals surface area contributed by atoms with Gasteiger partial charge in [0.2, 0.25) is 0 Å². The summed E-state index contributed by atoms with van der Waals surface area (Å²) in [6.45, 7) is 0.